The second-order valence-corrected chi connectivity index (χ2v) is 10.9. The van der Waals surface area contributed by atoms with Crippen molar-refractivity contribution in [1.29, 1.82) is 0 Å². The van der Waals surface area contributed by atoms with Gasteiger partial charge in [-0.1, -0.05) is 36.4 Å². The fourth-order valence-corrected chi connectivity index (χ4v) is 4.35. The molecule has 0 spiro atoms. The molecule has 3 heterocycles. The van der Waals surface area contributed by atoms with Crippen LogP contribution in [0.5, 0.6) is 0 Å². The smallest absolute Gasteiger partial charge is 0.190 e. The van der Waals surface area contributed by atoms with Crippen molar-refractivity contribution in [2.75, 3.05) is 23.8 Å². The van der Waals surface area contributed by atoms with Gasteiger partial charge < -0.3 is 4.57 Å². The zero-order valence-corrected chi connectivity index (χ0v) is 17.6. The number of hydrogen-bond acceptors (Lipinski definition) is 7. The number of nitrogens with one attached hydrogen (secondary N) is 2. The third kappa shape index (κ3) is 3.54. The summed E-state index contributed by atoms with van der Waals surface area (Å²) >= 11 is 0. The Bertz CT molecular complexity index is 1280. The van der Waals surface area contributed by atoms with Crippen molar-refractivity contribution in [1.82, 2.24) is 20.5 Å². The highest BCUT2D eigenvalue weighted by molar-refractivity contribution is 7.70. The molecule has 0 atom stereocenters. The summed E-state index contributed by atoms with van der Waals surface area (Å²) in [5, 5.41) is 3.90. The van der Waals surface area contributed by atoms with Crippen molar-refractivity contribution < 1.29 is 4.57 Å². The quantitative estimate of drug-likeness (QED) is 0.490. The Kier molecular flexibility index (Phi) is 4.50. The second kappa shape index (κ2) is 7.20. The predicted octanol–water partition coefficient (Wildman–Crippen LogP) is 3.79. The molecule has 7 nitrogen and oxygen atoms in total. The molecule has 0 unspecified atom stereocenters. The number of aromatic nitrogens is 3. The first kappa shape index (κ1) is 18.7. The Morgan fingerprint density at radius 3 is 2.67 bits per heavy atom. The van der Waals surface area contributed by atoms with Crippen LogP contribution in [0.1, 0.15) is 5.56 Å². The lowest BCUT2D eigenvalue weighted by molar-refractivity contribution is 0.588. The Balaban J connectivity index is 1.43. The zero-order chi connectivity index (χ0) is 20.7. The van der Waals surface area contributed by atoms with E-state index in [-0.39, 0.29) is 0 Å². The molecular weight excluding hydrogens is 395 g/mol. The summed E-state index contributed by atoms with van der Waals surface area (Å²) in [5.41, 5.74) is 10.0. The van der Waals surface area contributed by atoms with Gasteiger partial charge in [0.1, 0.15) is 7.14 Å². The number of fused-ring (bicyclic) bond motifs is 2. The molecule has 5 rings (SSSR count). The van der Waals surface area contributed by atoms with Gasteiger partial charge in [-0.2, -0.15) is 0 Å². The molecule has 4 aromatic rings. The molecular formula is C22H21N6OP. The maximum absolute atomic E-state index is 12.3. The van der Waals surface area contributed by atoms with Crippen molar-refractivity contribution in [3.05, 3.63) is 72.6 Å². The maximum Gasteiger partial charge on any atom is 0.190 e. The van der Waals surface area contributed by atoms with Gasteiger partial charge in [-0.15, -0.1) is 5.53 Å². The summed E-state index contributed by atoms with van der Waals surface area (Å²) in [6, 6.07) is 17.9. The Morgan fingerprint density at radius 2 is 1.87 bits per heavy atom. The molecule has 0 fully saturated rings. The number of benzene rings is 2. The van der Waals surface area contributed by atoms with Gasteiger partial charge in [0.25, 0.3) is 0 Å². The van der Waals surface area contributed by atoms with Crippen molar-refractivity contribution in [2.24, 2.45) is 0 Å². The Morgan fingerprint density at radius 1 is 1.03 bits per heavy atom. The van der Waals surface area contributed by atoms with Crippen LogP contribution in [-0.4, -0.2) is 28.3 Å². The van der Waals surface area contributed by atoms with Crippen molar-refractivity contribution >= 4 is 35.0 Å². The molecule has 0 amide bonds. The molecule has 0 bridgehead atoms. The molecule has 30 heavy (non-hydrogen) atoms. The fourth-order valence-electron chi connectivity index (χ4n) is 3.48. The number of nitrogens with zero attached hydrogens (tertiary/aromatic N) is 4. The van der Waals surface area contributed by atoms with Crippen LogP contribution in [0.2, 0.25) is 0 Å². The highest BCUT2D eigenvalue weighted by atomic mass is 31.2. The number of rotatable bonds is 4. The molecule has 0 saturated carbocycles. The van der Waals surface area contributed by atoms with Crippen LogP contribution in [0.15, 0.2) is 67.0 Å². The molecule has 0 aliphatic carbocycles. The van der Waals surface area contributed by atoms with Crippen molar-refractivity contribution in [3.8, 4) is 11.3 Å². The van der Waals surface area contributed by atoms with E-state index in [1.54, 1.807) is 25.7 Å². The van der Waals surface area contributed by atoms with Gasteiger partial charge in [-0.05, 0) is 37.1 Å². The number of anilines is 2. The van der Waals surface area contributed by atoms with Crippen LogP contribution in [0.3, 0.4) is 0 Å². The van der Waals surface area contributed by atoms with Gasteiger partial charge in [0.2, 0.25) is 0 Å². The molecule has 1 aliphatic rings. The van der Waals surface area contributed by atoms with E-state index in [1.165, 1.54) is 0 Å². The first-order valence-corrected chi connectivity index (χ1v) is 12.2. The monoisotopic (exact) mass is 416 g/mol. The number of hydrazine groups is 2. The summed E-state index contributed by atoms with van der Waals surface area (Å²) in [4.78, 5) is 13.7. The summed E-state index contributed by atoms with van der Waals surface area (Å²) in [7, 11) is -2.28. The molecule has 2 N–H and O–H groups in total. The van der Waals surface area contributed by atoms with E-state index < -0.39 is 7.14 Å². The van der Waals surface area contributed by atoms with Crippen LogP contribution in [0.25, 0.3) is 22.2 Å². The highest BCUT2D eigenvalue weighted by Crippen LogP contribution is 2.35. The summed E-state index contributed by atoms with van der Waals surface area (Å²) in [5.74, 6) is 1.42. The first-order valence-electron chi connectivity index (χ1n) is 9.63. The Labute approximate surface area is 174 Å². The number of pyridine rings is 1. The lowest BCUT2D eigenvalue weighted by atomic mass is 10.1. The van der Waals surface area contributed by atoms with Gasteiger partial charge in [0.15, 0.2) is 11.6 Å². The molecule has 8 heteroatoms. The van der Waals surface area contributed by atoms with Crippen LogP contribution >= 0.6 is 7.14 Å². The highest BCUT2D eigenvalue weighted by Gasteiger charge is 2.23. The minimum atomic E-state index is -2.28. The van der Waals surface area contributed by atoms with Crippen LogP contribution in [0.4, 0.5) is 11.6 Å². The van der Waals surface area contributed by atoms with E-state index in [0.717, 1.165) is 38.8 Å². The lowest BCUT2D eigenvalue weighted by Crippen LogP contribution is -2.35. The SMILES string of the molecule is CP(C)(=O)c1ccc(-c2cnc3c(n2)N(Cc2ccc4ncccc4c2)NN3)cc1. The third-order valence-corrected chi connectivity index (χ3v) is 6.65. The van der Waals surface area contributed by atoms with E-state index in [0.29, 0.717) is 12.4 Å². The Hall–Kier alpha value is -3.28. The summed E-state index contributed by atoms with van der Waals surface area (Å²) < 4.78 is 12.3. The average Bonchev–Trinajstić information content (AvgIpc) is 3.15. The van der Waals surface area contributed by atoms with E-state index in [2.05, 4.69) is 39.1 Å². The van der Waals surface area contributed by atoms with E-state index in [9.17, 15) is 4.57 Å². The molecule has 0 radical (unpaired) electrons. The zero-order valence-electron chi connectivity index (χ0n) is 16.7. The average molecular weight is 416 g/mol. The topological polar surface area (TPSA) is 83.0 Å². The van der Waals surface area contributed by atoms with E-state index in [1.807, 2.05) is 41.4 Å². The minimum absolute atomic E-state index is 0.622. The molecule has 2 aromatic carbocycles. The summed E-state index contributed by atoms with van der Waals surface area (Å²) in [6.45, 7) is 4.17. The van der Waals surface area contributed by atoms with E-state index >= 15 is 0 Å². The van der Waals surface area contributed by atoms with Gasteiger partial charge in [0.05, 0.1) is 24.0 Å². The fraction of sp³-hybridized carbons (Fsp3) is 0.136. The summed E-state index contributed by atoms with van der Waals surface area (Å²) in [6.07, 6.45) is 3.54. The molecule has 0 saturated heterocycles. The molecule has 1 aliphatic heterocycles. The van der Waals surface area contributed by atoms with Gasteiger partial charge in [0, 0.05) is 22.5 Å². The largest absolute Gasteiger partial charge is 0.319 e. The molecule has 2 aromatic heterocycles. The third-order valence-electron chi connectivity index (χ3n) is 5.11. The van der Waals surface area contributed by atoms with Crippen LogP contribution in [0, 0.1) is 0 Å². The minimum Gasteiger partial charge on any atom is -0.319 e. The lowest BCUT2D eigenvalue weighted by Gasteiger charge is -2.17. The van der Waals surface area contributed by atoms with Crippen LogP contribution in [-0.2, 0) is 11.1 Å². The van der Waals surface area contributed by atoms with E-state index in [4.69, 9.17) is 4.98 Å². The standard InChI is InChI=1S/C22H21N6OP/c1-30(2,29)18-8-6-16(7-9-18)20-13-24-21-22(25-20)28(27-26-21)14-15-5-10-19-17(12-15)4-3-11-23-19/h3-13,27H,14H2,1-2H3,(H,24,26). The van der Waals surface area contributed by atoms with Gasteiger partial charge in [-0.25, -0.2) is 9.97 Å². The number of hydrogen-bond donors (Lipinski definition) is 2. The van der Waals surface area contributed by atoms with Gasteiger partial charge >= 0.3 is 0 Å². The van der Waals surface area contributed by atoms with Crippen LogP contribution < -0.4 is 21.3 Å². The normalized spacial score (nSPS) is 13.3. The molecule has 150 valence electrons. The second-order valence-electron chi connectivity index (χ2n) is 7.68. The first-order chi connectivity index (χ1) is 14.5. The maximum atomic E-state index is 12.3. The van der Waals surface area contributed by atoms with Gasteiger partial charge in [-0.3, -0.25) is 15.4 Å². The van der Waals surface area contributed by atoms with Crippen molar-refractivity contribution in [2.45, 2.75) is 6.54 Å². The predicted molar refractivity (Wildman–Crippen MR) is 121 cm³/mol. The van der Waals surface area contributed by atoms with Crippen molar-refractivity contribution in [3.63, 3.8) is 0 Å².